The number of likely N-dealkylation sites (tertiary alicyclic amines) is 1. The number of carbonyl (C=O) groups is 1. The first-order chi connectivity index (χ1) is 13.0. The van der Waals surface area contributed by atoms with Gasteiger partial charge < -0.3 is 14.5 Å². The molecule has 3 fully saturated rings. The standard InChI is InChI=1S/C20H33N5O2/c1-4-24-14-17(16(2)21-24)13-23-9-5-18(6-10-23)25-19(26)22(3)15-20(25)7-11-27-12-8-20/h14,18H,4-13,15H2,1-3H3. The Balaban J connectivity index is 1.40. The van der Waals surface area contributed by atoms with Gasteiger partial charge in [-0.25, -0.2) is 4.79 Å². The number of ether oxygens (including phenoxy) is 1. The highest BCUT2D eigenvalue weighted by molar-refractivity contribution is 5.78. The minimum Gasteiger partial charge on any atom is -0.381 e. The Morgan fingerprint density at radius 1 is 1.26 bits per heavy atom. The predicted molar refractivity (Wildman–Crippen MR) is 104 cm³/mol. The fraction of sp³-hybridized carbons (Fsp3) is 0.800. The molecule has 3 aliphatic rings. The van der Waals surface area contributed by atoms with E-state index in [1.165, 1.54) is 5.56 Å². The molecule has 0 N–H and O–H groups in total. The summed E-state index contributed by atoms with van der Waals surface area (Å²) in [5.74, 6) is 0. The van der Waals surface area contributed by atoms with Gasteiger partial charge in [0.2, 0.25) is 0 Å². The number of piperidine rings is 1. The van der Waals surface area contributed by atoms with Gasteiger partial charge in [-0.1, -0.05) is 0 Å². The van der Waals surface area contributed by atoms with Crippen molar-refractivity contribution in [2.45, 2.75) is 64.2 Å². The number of rotatable bonds is 4. The van der Waals surface area contributed by atoms with Gasteiger partial charge in [0.15, 0.2) is 0 Å². The van der Waals surface area contributed by atoms with Crippen LogP contribution in [-0.4, -0.2) is 82.0 Å². The highest BCUT2D eigenvalue weighted by Gasteiger charge is 2.51. The maximum Gasteiger partial charge on any atom is 0.320 e. The van der Waals surface area contributed by atoms with Gasteiger partial charge in [-0.05, 0) is 39.5 Å². The van der Waals surface area contributed by atoms with Crippen molar-refractivity contribution in [2.24, 2.45) is 0 Å². The smallest absolute Gasteiger partial charge is 0.320 e. The van der Waals surface area contributed by atoms with Crippen LogP contribution < -0.4 is 0 Å². The summed E-state index contributed by atoms with van der Waals surface area (Å²) < 4.78 is 7.61. The molecule has 2 amide bonds. The quantitative estimate of drug-likeness (QED) is 0.809. The molecule has 0 radical (unpaired) electrons. The van der Waals surface area contributed by atoms with Crippen molar-refractivity contribution in [1.82, 2.24) is 24.5 Å². The van der Waals surface area contributed by atoms with Crippen LogP contribution in [-0.2, 0) is 17.8 Å². The van der Waals surface area contributed by atoms with Crippen molar-refractivity contribution in [2.75, 3.05) is 39.9 Å². The van der Waals surface area contributed by atoms with E-state index < -0.39 is 0 Å². The van der Waals surface area contributed by atoms with E-state index in [2.05, 4.69) is 34.9 Å². The zero-order valence-electron chi connectivity index (χ0n) is 17.0. The van der Waals surface area contributed by atoms with E-state index in [0.717, 1.165) is 77.3 Å². The van der Waals surface area contributed by atoms with Crippen molar-refractivity contribution in [1.29, 1.82) is 0 Å². The number of aryl methyl sites for hydroxylation is 2. The van der Waals surface area contributed by atoms with Crippen LogP contribution in [0.5, 0.6) is 0 Å². The average molecular weight is 376 g/mol. The summed E-state index contributed by atoms with van der Waals surface area (Å²) in [6.45, 7) is 10.6. The molecule has 7 heteroatoms. The van der Waals surface area contributed by atoms with Crippen LogP contribution in [0.15, 0.2) is 6.20 Å². The minimum atomic E-state index is -0.00419. The minimum absolute atomic E-state index is 0.00419. The molecule has 150 valence electrons. The van der Waals surface area contributed by atoms with E-state index in [1.54, 1.807) is 0 Å². The summed E-state index contributed by atoms with van der Waals surface area (Å²) in [7, 11) is 1.95. The lowest BCUT2D eigenvalue weighted by molar-refractivity contribution is -0.0165. The summed E-state index contributed by atoms with van der Waals surface area (Å²) >= 11 is 0. The monoisotopic (exact) mass is 375 g/mol. The Hall–Kier alpha value is -1.60. The third kappa shape index (κ3) is 3.47. The zero-order chi connectivity index (χ0) is 19.0. The van der Waals surface area contributed by atoms with Gasteiger partial charge in [0.05, 0.1) is 11.2 Å². The third-order valence-electron chi connectivity index (χ3n) is 6.69. The molecular weight excluding hydrogens is 342 g/mol. The first kappa shape index (κ1) is 18.7. The summed E-state index contributed by atoms with van der Waals surface area (Å²) in [6, 6.07) is 0.576. The Morgan fingerprint density at radius 3 is 2.59 bits per heavy atom. The SMILES string of the molecule is CCn1cc(CN2CCC(N3C(=O)N(C)CC34CCOCC4)CC2)c(C)n1. The van der Waals surface area contributed by atoms with E-state index in [1.807, 2.05) is 16.6 Å². The first-order valence-electron chi connectivity index (χ1n) is 10.4. The van der Waals surface area contributed by atoms with E-state index >= 15 is 0 Å². The van der Waals surface area contributed by atoms with Crippen LogP contribution in [0, 0.1) is 6.92 Å². The lowest BCUT2D eigenvalue weighted by Gasteiger charge is -2.46. The van der Waals surface area contributed by atoms with Gasteiger partial charge in [-0.3, -0.25) is 9.58 Å². The number of hydrogen-bond acceptors (Lipinski definition) is 4. The topological polar surface area (TPSA) is 53.8 Å². The van der Waals surface area contributed by atoms with Crippen LogP contribution in [0.4, 0.5) is 4.79 Å². The van der Waals surface area contributed by atoms with Crippen LogP contribution >= 0.6 is 0 Å². The number of nitrogens with zero attached hydrogens (tertiary/aromatic N) is 5. The Bertz CT molecular complexity index is 674. The van der Waals surface area contributed by atoms with Gasteiger partial charge >= 0.3 is 6.03 Å². The Labute approximate surface area is 162 Å². The van der Waals surface area contributed by atoms with E-state index in [4.69, 9.17) is 4.74 Å². The molecule has 0 aromatic carbocycles. The van der Waals surface area contributed by atoms with Crippen molar-refractivity contribution < 1.29 is 9.53 Å². The summed E-state index contributed by atoms with van der Waals surface area (Å²) in [4.78, 5) is 19.6. The number of likely N-dealkylation sites (N-methyl/N-ethyl adjacent to an activating group) is 1. The van der Waals surface area contributed by atoms with Gasteiger partial charge in [-0.2, -0.15) is 5.10 Å². The molecular formula is C20H33N5O2. The number of hydrogen-bond donors (Lipinski definition) is 0. The molecule has 1 aromatic heterocycles. The number of amides is 2. The van der Waals surface area contributed by atoms with E-state index in [0.29, 0.717) is 6.04 Å². The molecule has 4 heterocycles. The molecule has 0 aliphatic carbocycles. The van der Waals surface area contributed by atoms with E-state index in [9.17, 15) is 4.79 Å². The second kappa shape index (κ2) is 7.43. The second-order valence-corrected chi connectivity index (χ2v) is 8.45. The molecule has 0 unspecified atom stereocenters. The Morgan fingerprint density at radius 2 is 1.96 bits per heavy atom. The van der Waals surface area contributed by atoms with Gasteiger partial charge in [-0.15, -0.1) is 0 Å². The molecule has 0 saturated carbocycles. The zero-order valence-corrected chi connectivity index (χ0v) is 17.0. The van der Waals surface area contributed by atoms with Crippen LogP contribution in [0.3, 0.4) is 0 Å². The van der Waals surface area contributed by atoms with Gasteiger partial charge in [0.25, 0.3) is 0 Å². The highest BCUT2D eigenvalue weighted by Crippen LogP contribution is 2.38. The van der Waals surface area contributed by atoms with Crippen LogP contribution in [0.2, 0.25) is 0 Å². The largest absolute Gasteiger partial charge is 0.381 e. The van der Waals surface area contributed by atoms with Gasteiger partial charge in [0.1, 0.15) is 0 Å². The normalized spacial score (nSPS) is 24.3. The van der Waals surface area contributed by atoms with Gasteiger partial charge in [0, 0.05) is 70.8 Å². The number of carbonyl (C=O) groups excluding carboxylic acids is 1. The fourth-order valence-electron chi connectivity index (χ4n) is 5.12. The van der Waals surface area contributed by atoms with E-state index in [-0.39, 0.29) is 11.6 Å². The summed E-state index contributed by atoms with van der Waals surface area (Å²) in [6.07, 6.45) is 6.24. The lowest BCUT2D eigenvalue weighted by Crippen LogP contribution is -2.57. The second-order valence-electron chi connectivity index (χ2n) is 8.45. The molecule has 0 atom stereocenters. The fourth-order valence-corrected chi connectivity index (χ4v) is 5.12. The summed E-state index contributed by atoms with van der Waals surface area (Å²) in [5.41, 5.74) is 2.46. The maximum atomic E-state index is 12.9. The lowest BCUT2D eigenvalue weighted by atomic mass is 9.86. The van der Waals surface area contributed by atoms with Crippen molar-refractivity contribution in [3.8, 4) is 0 Å². The molecule has 1 spiro atoms. The molecule has 27 heavy (non-hydrogen) atoms. The molecule has 4 rings (SSSR count). The molecule has 0 bridgehead atoms. The van der Waals surface area contributed by atoms with Crippen LogP contribution in [0.25, 0.3) is 0 Å². The molecule has 7 nitrogen and oxygen atoms in total. The Kier molecular flexibility index (Phi) is 5.16. The third-order valence-corrected chi connectivity index (χ3v) is 6.69. The number of aromatic nitrogens is 2. The maximum absolute atomic E-state index is 12.9. The molecule has 3 saturated heterocycles. The first-order valence-corrected chi connectivity index (χ1v) is 10.4. The summed E-state index contributed by atoms with van der Waals surface area (Å²) in [5, 5.41) is 4.57. The molecule has 3 aliphatic heterocycles. The van der Waals surface area contributed by atoms with Crippen molar-refractivity contribution in [3.63, 3.8) is 0 Å². The average Bonchev–Trinajstić information content (AvgIpc) is 3.14. The predicted octanol–water partition coefficient (Wildman–Crippen LogP) is 2.09. The number of urea groups is 1. The van der Waals surface area contributed by atoms with Crippen LogP contribution in [0.1, 0.15) is 43.9 Å². The van der Waals surface area contributed by atoms with Crippen molar-refractivity contribution >= 4 is 6.03 Å². The highest BCUT2D eigenvalue weighted by atomic mass is 16.5. The molecule has 1 aromatic rings. The van der Waals surface area contributed by atoms with Crippen molar-refractivity contribution in [3.05, 3.63) is 17.5 Å².